The van der Waals surface area contributed by atoms with Crippen LogP contribution in [0.2, 0.25) is 0 Å². The van der Waals surface area contributed by atoms with Crippen molar-refractivity contribution in [2.45, 2.75) is 24.8 Å². The summed E-state index contributed by atoms with van der Waals surface area (Å²) >= 11 is 0. The molecule has 0 aromatic heterocycles. The Morgan fingerprint density at radius 1 is 1.08 bits per heavy atom. The number of nitrogens with one attached hydrogen (secondary N) is 1. The van der Waals surface area contributed by atoms with E-state index in [4.69, 9.17) is 5.53 Å². The Morgan fingerprint density at radius 2 is 1.67 bits per heavy atom. The zero-order chi connectivity index (χ0) is 17.7. The quantitative estimate of drug-likeness (QED) is 0.495. The zero-order valence-corrected chi connectivity index (χ0v) is 14.1. The van der Waals surface area contributed by atoms with E-state index in [1.165, 1.54) is 19.1 Å². The van der Waals surface area contributed by atoms with Gasteiger partial charge in [0.2, 0.25) is 10.0 Å². The number of carbonyl (C=O) groups is 1. The highest BCUT2D eigenvalue weighted by molar-refractivity contribution is 7.89. The van der Waals surface area contributed by atoms with Crippen LogP contribution in [0.15, 0.2) is 59.5 Å². The van der Waals surface area contributed by atoms with Gasteiger partial charge >= 0.3 is 5.71 Å². The van der Waals surface area contributed by atoms with Gasteiger partial charge in [0.1, 0.15) is 6.04 Å². The topological polar surface area (TPSA) is 99.6 Å². The molecule has 0 aliphatic rings. The second-order valence-electron chi connectivity index (χ2n) is 5.33. The van der Waals surface area contributed by atoms with Gasteiger partial charge in [-0.1, -0.05) is 48.0 Å². The highest BCUT2D eigenvalue weighted by Gasteiger charge is 2.31. The summed E-state index contributed by atoms with van der Waals surface area (Å²) in [6, 6.07) is 13.5. The Kier molecular flexibility index (Phi) is 5.41. The van der Waals surface area contributed by atoms with Gasteiger partial charge in [-0.05, 0) is 24.6 Å². The fourth-order valence-electron chi connectivity index (χ4n) is 2.12. The fraction of sp³-hybridized carbons (Fsp3) is 0.176. The van der Waals surface area contributed by atoms with E-state index in [9.17, 15) is 13.2 Å². The summed E-state index contributed by atoms with van der Waals surface area (Å²) in [5, 5.41) is 0. The normalized spacial score (nSPS) is 12.2. The molecule has 0 aliphatic heterocycles. The fourth-order valence-corrected chi connectivity index (χ4v) is 3.30. The van der Waals surface area contributed by atoms with E-state index in [-0.39, 0.29) is 10.6 Å². The first kappa shape index (κ1) is 17.7. The number of benzene rings is 2. The lowest BCUT2D eigenvalue weighted by molar-refractivity contribution is -0.119. The summed E-state index contributed by atoms with van der Waals surface area (Å²) in [6.07, 6.45) is 0. The molecule has 0 radical (unpaired) electrons. The van der Waals surface area contributed by atoms with E-state index in [2.05, 4.69) is 9.51 Å². The van der Waals surface area contributed by atoms with Crippen molar-refractivity contribution in [3.63, 3.8) is 0 Å². The van der Waals surface area contributed by atoms with Crippen molar-refractivity contribution in [1.82, 2.24) is 4.72 Å². The molecule has 0 heterocycles. The van der Waals surface area contributed by atoms with Crippen LogP contribution in [-0.2, 0) is 14.8 Å². The highest BCUT2D eigenvalue weighted by atomic mass is 32.2. The maximum Gasteiger partial charge on any atom is 0.333 e. The number of aryl methyl sites for hydroxylation is 1. The minimum absolute atomic E-state index is 0.0559. The zero-order valence-electron chi connectivity index (χ0n) is 13.3. The number of hydrogen-bond acceptors (Lipinski definition) is 3. The van der Waals surface area contributed by atoms with Crippen molar-refractivity contribution in [3.8, 4) is 0 Å². The van der Waals surface area contributed by atoms with Crippen LogP contribution < -0.4 is 4.72 Å². The summed E-state index contributed by atoms with van der Waals surface area (Å²) in [7, 11) is -3.92. The molecule has 1 N–H and O–H groups in total. The van der Waals surface area contributed by atoms with Gasteiger partial charge < -0.3 is 5.53 Å². The molecule has 6 nitrogen and oxygen atoms in total. The van der Waals surface area contributed by atoms with Crippen molar-refractivity contribution in [1.29, 1.82) is 0 Å². The van der Waals surface area contributed by atoms with Gasteiger partial charge in [-0.25, -0.2) is 8.42 Å². The summed E-state index contributed by atoms with van der Waals surface area (Å²) in [5.74, 6) is -0.626. The first-order valence-corrected chi connectivity index (χ1v) is 8.70. The molecule has 0 saturated heterocycles. The minimum Gasteiger partial charge on any atom is -0.361 e. The van der Waals surface area contributed by atoms with Crippen LogP contribution in [0.1, 0.15) is 24.1 Å². The number of carbonyl (C=O) groups excluding carboxylic acids is 1. The van der Waals surface area contributed by atoms with E-state index >= 15 is 0 Å². The van der Waals surface area contributed by atoms with Gasteiger partial charge in [-0.2, -0.15) is 9.51 Å². The average Bonchev–Trinajstić information content (AvgIpc) is 2.59. The van der Waals surface area contributed by atoms with Gasteiger partial charge in [0.25, 0.3) is 5.78 Å². The SMILES string of the molecule is CC(=[N+]=[N-])C(=O)[C@@H](NS(=O)(=O)c1ccc(C)cc1)c1ccccc1. The molecule has 0 aliphatic carbocycles. The molecule has 24 heavy (non-hydrogen) atoms. The average molecular weight is 343 g/mol. The highest BCUT2D eigenvalue weighted by Crippen LogP contribution is 2.19. The molecule has 0 unspecified atom stereocenters. The number of ketones is 1. The second-order valence-corrected chi connectivity index (χ2v) is 7.04. The standard InChI is InChI=1S/C17H17N3O3S/c1-12-8-10-15(11-9-12)24(22,23)20-16(17(21)13(2)19-18)14-6-4-3-5-7-14/h3-11,16,20H,1-2H3/t16-/m0/s1. The molecule has 2 aromatic rings. The lowest BCUT2D eigenvalue weighted by Crippen LogP contribution is -2.36. The Morgan fingerprint density at radius 3 is 2.21 bits per heavy atom. The number of nitrogens with zero attached hydrogens (tertiary/aromatic N) is 2. The molecule has 7 heteroatoms. The third-order valence-corrected chi connectivity index (χ3v) is 4.94. The number of hydrogen-bond donors (Lipinski definition) is 1. The molecule has 2 aromatic carbocycles. The molecule has 0 saturated carbocycles. The lowest BCUT2D eigenvalue weighted by atomic mass is 10.0. The molecule has 124 valence electrons. The van der Waals surface area contributed by atoms with Gasteiger partial charge in [0.15, 0.2) is 0 Å². The van der Waals surface area contributed by atoms with Crippen LogP contribution >= 0.6 is 0 Å². The lowest BCUT2D eigenvalue weighted by Gasteiger charge is -2.16. The number of Topliss-reactive ketones (excluding diaryl/α,β-unsaturated/α-hetero) is 1. The summed E-state index contributed by atoms with van der Waals surface area (Å²) < 4.78 is 27.5. The van der Waals surface area contributed by atoms with Crippen LogP contribution in [0, 0.1) is 6.92 Å². The predicted octanol–water partition coefficient (Wildman–Crippen LogP) is 2.27. The van der Waals surface area contributed by atoms with Gasteiger partial charge in [-0.15, -0.1) is 0 Å². The van der Waals surface area contributed by atoms with Crippen LogP contribution in [0.3, 0.4) is 0 Å². The summed E-state index contributed by atoms with van der Waals surface area (Å²) in [4.78, 5) is 15.4. The number of sulfonamides is 1. The molecule has 0 fully saturated rings. The van der Waals surface area contributed by atoms with Crippen molar-refractivity contribution in [2.24, 2.45) is 0 Å². The van der Waals surface area contributed by atoms with Crippen molar-refractivity contribution < 1.29 is 18.0 Å². The smallest absolute Gasteiger partial charge is 0.333 e. The molecular formula is C17H17N3O3S. The van der Waals surface area contributed by atoms with E-state index < -0.39 is 21.8 Å². The Labute approximate surface area is 140 Å². The third kappa shape index (κ3) is 4.02. The molecular weight excluding hydrogens is 326 g/mol. The molecule has 0 spiro atoms. The summed E-state index contributed by atoms with van der Waals surface area (Å²) in [6.45, 7) is 3.17. The van der Waals surface area contributed by atoms with E-state index in [0.717, 1.165) is 5.56 Å². The molecule has 0 bridgehead atoms. The van der Waals surface area contributed by atoms with Gasteiger partial charge in [-0.3, -0.25) is 4.79 Å². The van der Waals surface area contributed by atoms with Crippen LogP contribution in [0.5, 0.6) is 0 Å². The van der Waals surface area contributed by atoms with Crippen molar-refractivity contribution in [3.05, 3.63) is 71.3 Å². The third-order valence-electron chi connectivity index (χ3n) is 3.51. The van der Waals surface area contributed by atoms with Gasteiger partial charge in [0.05, 0.1) is 4.90 Å². The van der Waals surface area contributed by atoms with Crippen LogP contribution in [0.25, 0.3) is 5.53 Å². The van der Waals surface area contributed by atoms with Crippen LogP contribution in [0.4, 0.5) is 0 Å². The Hall–Kier alpha value is -2.60. The van der Waals surface area contributed by atoms with E-state index in [1.807, 2.05) is 6.92 Å². The van der Waals surface area contributed by atoms with Crippen molar-refractivity contribution >= 4 is 21.5 Å². The van der Waals surface area contributed by atoms with E-state index in [0.29, 0.717) is 5.56 Å². The van der Waals surface area contributed by atoms with Gasteiger partial charge in [0, 0.05) is 6.92 Å². The monoisotopic (exact) mass is 343 g/mol. The minimum atomic E-state index is -3.92. The first-order chi connectivity index (χ1) is 11.3. The van der Waals surface area contributed by atoms with E-state index in [1.54, 1.807) is 42.5 Å². The Balaban J connectivity index is 2.43. The molecule has 1 atom stereocenters. The predicted molar refractivity (Wildman–Crippen MR) is 90.0 cm³/mol. The second kappa shape index (κ2) is 7.31. The maximum absolute atomic E-state index is 12.6. The first-order valence-electron chi connectivity index (χ1n) is 7.22. The summed E-state index contributed by atoms with van der Waals surface area (Å²) in [5.41, 5.74) is 10.0. The van der Waals surface area contributed by atoms with Crippen LogP contribution in [-0.4, -0.2) is 24.7 Å². The Bertz CT molecular complexity index is 884. The van der Waals surface area contributed by atoms with Crippen molar-refractivity contribution in [2.75, 3.05) is 0 Å². The molecule has 0 amide bonds. The maximum atomic E-state index is 12.6. The molecule has 2 rings (SSSR count). The number of rotatable bonds is 6. The largest absolute Gasteiger partial charge is 0.361 e.